The van der Waals surface area contributed by atoms with Crippen molar-refractivity contribution in [2.45, 2.75) is 44.1 Å². The molecule has 0 unspecified atom stereocenters. The van der Waals surface area contributed by atoms with Crippen LogP contribution in [-0.2, 0) is 14.3 Å². The minimum Gasteiger partial charge on any atom is -0.387 e. The van der Waals surface area contributed by atoms with Gasteiger partial charge in [-0.1, -0.05) is 0 Å². The predicted octanol–water partition coefficient (Wildman–Crippen LogP) is -1.20. The van der Waals surface area contributed by atoms with E-state index in [1.807, 2.05) is 4.98 Å². The van der Waals surface area contributed by atoms with Gasteiger partial charge >= 0.3 is 5.69 Å². The number of carbonyl (C=O) groups is 2. The van der Waals surface area contributed by atoms with Crippen molar-refractivity contribution in [1.29, 1.82) is 0 Å². The van der Waals surface area contributed by atoms with E-state index in [1.165, 1.54) is 0 Å². The van der Waals surface area contributed by atoms with E-state index in [2.05, 4.69) is 15.9 Å². The van der Waals surface area contributed by atoms with Gasteiger partial charge in [0.1, 0.15) is 12.2 Å². The maximum Gasteiger partial charge on any atom is 0.330 e. The standard InChI is InChI=1S/C13H14BrFN2O7/c1-4(18)13(23,5(2)19)9-8(20)7(15)11(24-9)17-3-6(14)10(21)16-12(17)22/h3,7-9,11,20,23H,1-2H3,(H,16,21,22)/t7-,8+,9+,11-/m1/s1. The van der Waals surface area contributed by atoms with Crippen LogP contribution < -0.4 is 11.2 Å². The summed E-state index contributed by atoms with van der Waals surface area (Å²) in [6.45, 7) is 1.78. The predicted molar refractivity (Wildman–Crippen MR) is 80.1 cm³/mol. The fraction of sp³-hybridized carbons (Fsp3) is 0.538. The number of nitrogens with zero attached hydrogens (tertiary/aromatic N) is 1. The van der Waals surface area contributed by atoms with Crippen molar-refractivity contribution in [3.8, 4) is 0 Å². The second-order valence-electron chi connectivity index (χ2n) is 5.40. The molecule has 2 heterocycles. The minimum absolute atomic E-state index is 0.107. The van der Waals surface area contributed by atoms with E-state index in [0.717, 1.165) is 20.0 Å². The van der Waals surface area contributed by atoms with Crippen molar-refractivity contribution < 1.29 is 28.9 Å². The number of aliphatic hydroxyl groups is 2. The van der Waals surface area contributed by atoms with E-state index in [1.54, 1.807) is 0 Å². The number of rotatable bonds is 4. The number of hydrogen-bond donors (Lipinski definition) is 3. The number of ether oxygens (including phenoxy) is 1. The second-order valence-corrected chi connectivity index (χ2v) is 6.26. The van der Waals surface area contributed by atoms with Gasteiger partial charge < -0.3 is 14.9 Å². The van der Waals surface area contributed by atoms with Gasteiger partial charge in [-0.05, 0) is 29.8 Å². The zero-order valence-electron chi connectivity index (χ0n) is 12.5. The highest BCUT2D eigenvalue weighted by molar-refractivity contribution is 9.10. The Hall–Kier alpha value is -1.69. The lowest BCUT2D eigenvalue weighted by atomic mass is 9.85. The number of Topliss-reactive ketones (excluding diaryl/α,β-unsaturated/α-hetero) is 2. The first kappa shape index (κ1) is 18.6. The van der Waals surface area contributed by atoms with Gasteiger partial charge in [-0.15, -0.1) is 0 Å². The molecule has 132 valence electrons. The van der Waals surface area contributed by atoms with Gasteiger partial charge in [-0.25, -0.2) is 9.18 Å². The topological polar surface area (TPSA) is 139 Å². The molecule has 2 rings (SSSR count). The van der Waals surface area contributed by atoms with Crippen molar-refractivity contribution in [2.75, 3.05) is 0 Å². The third-order valence-corrected chi connectivity index (χ3v) is 4.44. The van der Waals surface area contributed by atoms with Crippen LogP contribution in [0.25, 0.3) is 0 Å². The maximum atomic E-state index is 14.4. The molecule has 1 aliphatic rings. The number of H-pyrrole nitrogens is 1. The Morgan fingerprint density at radius 2 is 1.92 bits per heavy atom. The van der Waals surface area contributed by atoms with Crippen LogP contribution in [0.3, 0.4) is 0 Å². The van der Waals surface area contributed by atoms with Crippen LogP contribution in [0.4, 0.5) is 4.39 Å². The molecule has 0 aliphatic carbocycles. The Kier molecular flexibility index (Phi) is 4.91. The van der Waals surface area contributed by atoms with Gasteiger partial charge in [0.25, 0.3) is 5.56 Å². The number of alkyl halides is 1. The summed E-state index contributed by atoms with van der Waals surface area (Å²) in [5.41, 5.74) is -4.55. The van der Waals surface area contributed by atoms with Gasteiger partial charge in [-0.2, -0.15) is 0 Å². The first-order valence-corrected chi connectivity index (χ1v) is 7.54. The molecular weight excluding hydrogens is 395 g/mol. The Morgan fingerprint density at radius 3 is 2.42 bits per heavy atom. The SMILES string of the molecule is CC(=O)C(O)(C(C)=O)[C@H]1O[C@@H](n2cc(Br)c(=O)[nH]c2=O)[C@H](F)[C@@H]1O. The lowest BCUT2D eigenvalue weighted by Crippen LogP contribution is -2.58. The summed E-state index contributed by atoms with van der Waals surface area (Å²) < 4.78 is 20.1. The average Bonchev–Trinajstić information content (AvgIpc) is 2.78. The van der Waals surface area contributed by atoms with Crippen molar-refractivity contribution in [3.63, 3.8) is 0 Å². The normalized spacial score (nSPS) is 27.2. The number of aliphatic hydroxyl groups excluding tert-OH is 1. The molecule has 0 aromatic carbocycles. The maximum absolute atomic E-state index is 14.4. The third kappa shape index (κ3) is 2.77. The van der Waals surface area contributed by atoms with Crippen LogP contribution in [0.5, 0.6) is 0 Å². The molecule has 9 nitrogen and oxygen atoms in total. The van der Waals surface area contributed by atoms with E-state index in [-0.39, 0.29) is 4.47 Å². The molecule has 0 amide bonds. The highest BCUT2D eigenvalue weighted by Gasteiger charge is 2.59. The average molecular weight is 409 g/mol. The molecule has 24 heavy (non-hydrogen) atoms. The molecule has 11 heteroatoms. The number of nitrogens with one attached hydrogen (secondary N) is 1. The van der Waals surface area contributed by atoms with Crippen LogP contribution >= 0.6 is 15.9 Å². The molecule has 0 bridgehead atoms. The van der Waals surface area contributed by atoms with Crippen LogP contribution in [0, 0.1) is 0 Å². The molecule has 3 N–H and O–H groups in total. The fourth-order valence-electron chi connectivity index (χ4n) is 2.50. The minimum atomic E-state index is -2.76. The van der Waals surface area contributed by atoms with Crippen molar-refractivity contribution in [3.05, 3.63) is 31.5 Å². The van der Waals surface area contributed by atoms with Gasteiger partial charge in [0.2, 0.25) is 5.60 Å². The van der Waals surface area contributed by atoms with E-state index in [9.17, 15) is 33.8 Å². The summed E-state index contributed by atoms with van der Waals surface area (Å²) >= 11 is 2.86. The fourth-order valence-corrected chi connectivity index (χ4v) is 2.82. The zero-order chi connectivity index (χ0) is 18.4. The van der Waals surface area contributed by atoms with Crippen LogP contribution in [0.15, 0.2) is 20.3 Å². The van der Waals surface area contributed by atoms with Gasteiger partial charge in [0, 0.05) is 6.20 Å². The summed E-state index contributed by atoms with van der Waals surface area (Å²) in [6.07, 6.45) is -7.02. The van der Waals surface area contributed by atoms with Crippen molar-refractivity contribution in [2.24, 2.45) is 0 Å². The highest BCUT2D eigenvalue weighted by atomic mass is 79.9. The third-order valence-electron chi connectivity index (χ3n) is 3.88. The number of carbonyl (C=O) groups excluding carboxylic acids is 2. The Morgan fingerprint density at radius 1 is 1.38 bits per heavy atom. The van der Waals surface area contributed by atoms with Gasteiger partial charge in [-0.3, -0.25) is 23.9 Å². The Labute approximate surface area is 142 Å². The number of aromatic nitrogens is 2. The number of hydrogen-bond acceptors (Lipinski definition) is 7. The number of aromatic amines is 1. The zero-order valence-corrected chi connectivity index (χ0v) is 14.1. The van der Waals surface area contributed by atoms with Gasteiger partial charge in [0.15, 0.2) is 24.0 Å². The lowest BCUT2D eigenvalue weighted by Gasteiger charge is -2.30. The summed E-state index contributed by atoms with van der Waals surface area (Å²) in [6, 6.07) is 0. The molecule has 1 saturated heterocycles. The molecule has 1 fully saturated rings. The van der Waals surface area contributed by atoms with E-state index < -0.39 is 53.0 Å². The van der Waals surface area contributed by atoms with E-state index >= 15 is 0 Å². The summed E-state index contributed by atoms with van der Waals surface area (Å²) in [4.78, 5) is 48.3. The molecule has 0 radical (unpaired) electrons. The molecule has 1 aromatic heterocycles. The quantitative estimate of drug-likeness (QED) is 0.532. The van der Waals surface area contributed by atoms with Gasteiger partial charge in [0.05, 0.1) is 4.47 Å². The second kappa shape index (κ2) is 6.31. The molecule has 1 aromatic rings. The Bertz CT molecular complexity index is 790. The summed E-state index contributed by atoms with van der Waals surface area (Å²) in [7, 11) is 0. The molecule has 1 aliphatic heterocycles. The van der Waals surface area contributed by atoms with Crippen molar-refractivity contribution in [1.82, 2.24) is 9.55 Å². The largest absolute Gasteiger partial charge is 0.387 e. The summed E-state index contributed by atoms with van der Waals surface area (Å²) in [5, 5.41) is 20.3. The molecular formula is C13H14BrFN2O7. The highest BCUT2D eigenvalue weighted by Crippen LogP contribution is 2.37. The number of ketones is 2. The lowest BCUT2D eigenvalue weighted by molar-refractivity contribution is -0.173. The number of halogens is 2. The van der Waals surface area contributed by atoms with E-state index in [0.29, 0.717) is 4.57 Å². The molecule has 0 spiro atoms. The van der Waals surface area contributed by atoms with Crippen LogP contribution in [0.2, 0.25) is 0 Å². The van der Waals surface area contributed by atoms with Crippen LogP contribution in [-0.4, -0.2) is 55.3 Å². The first-order valence-electron chi connectivity index (χ1n) is 6.74. The van der Waals surface area contributed by atoms with Crippen LogP contribution in [0.1, 0.15) is 20.1 Å². The summed E-state index contributed by atoms with van der Waals surface area (Å²) in [5.74, 6) is -2.08. The van der Waals surface area contributed by atoms with E-state index in [4.69, 9.17) is 4.74 Å². The Balaban J connectivity index is 2.50. The first-order chi connectivity index (χ1) is 11.0. The molecule has 0 saturated carbocycles. The molecule has 4 atom stereocenters. The smallest absolute Gasteiger partial charge is 0.330 e. The monoisotopic (exact) mass is 408 g/mol. The van der Waals surface area contributed by atoms with Crippen molar-refractivity contribution >= 4 is 27.5 Å².